The molecule has 0 amide bonds. The molecule has 2 radical (unpaired) electrons. The number of aliphatic hydroxyl groups is 2. The van der Waals surface area contributed by atoms with Gasteiger partial charge in [-0.2, -0.15) is 0 Å². The number of carbonyl (C=O) groups is 1. The van der Waals surface area contributed by atoms with E-state index in [0.717, 1.165) is 11.8 Å². The molecule has 0 aliphatic carbocycles. The van der Waals surface area contributed by atoms with Gasteiger partial charge >= 0.3 is 0 Å². The summed E-state index contributed by atoms with van der Waals surface area (Å²) >= 11 is 2.11. The normalized spacial score (nSPS) is 12.5. The highest BCUT2D eigenvalue weighted by Gasteiger charge is 2.31. The van der Waals surface area contributed by atoms with Crippen LogP contribution in [-0.2, 0) is 0 Å². The van der Waals surface area contributed by atoms with E-state index in [1.807, 2.05) is 31.3 Å². The molecule has 0 unspecified atom stereocenters. The summed E-state index contributed by atoms with van der Waals surface area (Å²) < 4.78 is 1.78. The van der Waals surface area contributed by atoms with Crippen LogP contribution in [-0.4, -0.2) is 58.5 Å². The van der Waals surface area contributed by atoms with E-state index in [4.69, 9.17) is 18.1 Å². The van der Waals surface area contributed by atoms with Crippen molar-refractivity contribution in [3.8, 4) is 0 Å². The Morgan fingerprint density at radius 2 is 1.78 bits per heavy atom. The van der Waals surface area contributed by atoms with Gasteiger partial charge in [0.25, 0.3) is 0 Å². The van der Waals surface area contributed by atoms with E-state index in [2.05, 4.69) is 21.2 Å². The third-order valence-electron chi connectivity index (χ3n) is 3.28. The zero-order chi connectivity index (χ0) is 18.4. The summed E-state index contributed by atoms with van der Waals surface area (Å²) in [5.41, 5.74) is -0.0702. The van der Waals surface area contributed by atoms with Gasteiger partial charge in [-0.05, 0) is 45.5 Å². The van der Waals surface area contributed by atoms with Crippen LogP contribution in [0.15, 0.2) is 18.5 Å². The van der Waals surface area contributed by atoms with Crippen LogP contribution in [0.3, 0.4) is 0 Å². The molecule has 0 bridgehead atoms. The average Bonchev–Trinajstić information content (AvgIpc) is 2.78. The first-order valence-corrected chi connectivity index (χ1v) is 10.2. The first kappa shape index (κ1) is 22.6. The number of hydrogen-bond acceptors (Lipinski definition) is 5. The van der Waals surface area contributed by atoms with Crippen molar-refractivity contribution in [2.75, 3.05) is 14.1 Å². The fourth-order valence-corrected chi connectivity index (χ4v) is 2.55. The molecule has 1 aromatic rings. The smallest absolute Gasteiger partial charge is 0.167 e. The molecule has 0 aliphatic heterocycles. The van der Waals surface area contributed by atoms with E-state index in [-0.39, 0.29) is 0 Å². The van der Waals surface area contributed by atoms with Crippen molar-refractivity contribution in [1.29, 1.82) is 0 Å². The third kappa shape index (κ3) is 7.32. The topological polar surface area (TPSA) is 65.7 Å². The Labute approximate surface area is 156 Å². The molecule has 1 heterocycles. The van der Waals surface area contributed by atoms with Crippen molar-refractivity contribution in [3.63, 3.8) is 0 Å². The number of aldehydes is 1. The van der Waals surface area contributed by atoms with Crippen molar-refractivity contribution >= 4 is 49.9 Å². The highest BCUT2D eigenvalue weighted by molar-refractivity contribution is 14.2. The second-order valence-corrected chi connectivity index (χ2v) is 8.01. The summed E-state index contributed by atoms with van der Waals surface area (Å²) in [7, 11) is 11.1. The SMILES string of the molecule is CC(C)(O)C(C)(C)O.[B]/C(=C/N(C)C)c1ccn(SI)c1C=O. The first-order valence-electron chi connectivity index (χ1n) is 6.89. The van der Waals surface area contributed by atoms with E-state index in [1.54, 1.807) is 37.9 Å². The first-order chi connectivity index (χ1) is 10.3. The lowest BCUT2D eigenvalue weighted by Gasteiger charge is -2.31. The predicted molar refractivity (Wildman–Crippen MR) is 107 cm³/mol. The summed E-state index contributed by atoms with van der Waals surface area (Å²) in [4.78, 5) is 12.8. The number of halogens is 1. The number of carbonyl (C=O) groups excluding carboxylic acids is 1. The van der Waals surface area contributed by atoms with Gasteiger partial charge in [-0.25, -0.2) is 0 Å². The van der Waals surface area contributed by atoms with Crippen molar-refractivity contribution in [2.24, 2.45) is 0 Å². The van der Waals surface area contributed by atoms with E-state index in [0.29, 0.717) is 11.2 Å². The monoisotopic (exact) mass is 450 g/mol. The molecule has 0 saturated heterocycles. The summed E-state index contributed by atoms with van der Waals surface area (Å²) in [5.74, 6) is 0. The lowest BCUT2D eigenvalue weighted by molar-refractivity contribution is -0.107. The molecule has 5 nitrogen and oxygen atoms in total. The molecule has 0 atom stereocenters. The molecule has 1 aromatic heterocycles. The standard InChI is InChI=1S/C9H10BIN2OS.C6H14O2/c1-12(2)5-8(10)7-3-4-13(15-11)9(7)6-14;1-5(2,7)6(3,4)8/h3-6H,1-2H3;7-8H,1-4H3/b8-5+;. The van der Waals surface area contributed by atoms with Crippen molar-refractivity contribution in [2.45, 2.75) is 38.9 Å². The summed E-state index contributed by atoms with van der Waals surface area (Å²) in [6, 6.07) is 1.84. The molecule has 0 aliphatic rings. The number of hydrogen-bond donors (Lipinski definition) is 2. The van der Waals surface area contributed by atoms with Crippen LogP contribution in [0.2, 0.25) is 0 Å². The van der Waals surface area contributed by atoms with E-state index in [9.17, 15) is 4.79 Å². The second-order valence-electron chi connectivity index (χ2n) is 6.29. The predicted octanol–water partition coefficient (Wildman–Crippen LogP) is 2.70. The maximum atomic E-state index is 10.9. The van der Waals surface area contributed by atoms with Crippen LogP contribution in [0.25, 0.3) is 5.47 Å². The maximum absolute atomic E-state index is 10.9. The Hall–Kier alpha value is -0.445. The molecule has 0 spiro atoms. The number of nitrogens with zero attached hydrogens (tertiary/aromatic N) is 2. The van der Waals surface area contributed by atoms with Crippen LogP contribution in [0, 0.1) is 0 Å². The van der Waals surface area contributed by atoms with Gasteiger partial charge in [0.1, 0.15) is 7.85 Å². The van der Waals surface area contributed by atoms with Crippen LogP contribution < -0.4 is 0 Å². The van der Waals surface area contributed by atoms with Gasteiger partial charge in [-0.15, -0.1) is 0 Å². The van der Waals surface area contributed by atoms with Gasteiger partial charge in [0.15, 0.2) is 6.29 Å². The lowest BCUT2D eigenvalue weighted by atomic mass is 9.89. The number of aromatic nitrogens is 1. The molecule has 2 N–H and O–H groups in total. The Bertz CT molecular complexity index is 534. The molecule has 128 valence electrons. The largest absolute Gasteiger partial charge is 0.387 e. The Kier molecular flexibility index (Phi) is 8.97. The minimum Gasteiger partial charge on any atom is -0.387 e. The molecule has 23 heavy (non-hydrogen) atoms. The van der Waals surface area contributed by atoms with Gasteiger partial charge in [0, 0.05) is 50.6 Å². The van der Waals surface area contributed by atoms with E-state index >= 15 is 0 Å². The van der Waals surface area contributed by atoms with Gasteiger partial charge in [0.2, 0.25) is 0 Å². The quantitative estimate of drug-likeness (QED) is 0.411. The fraction of sp³-hybridized carbons (Fsp3) is 0.533. The molecule has 0 fully saturated rings. The van der Waals surface area contributed by atoms with Crippen LogP contribution in [0.1, 0.15) is 43.7 Å². The van der Waals surface area contributed by atoms with Crippen LogP contribution in [0.5, 0.6) is 0 Å². The van der Waals surface area contributed by atoms with Gasteiger partial charge in [-0.1, -0.05) is 5.47 Å². The number of rotatable bonds is 5. The highest BCUT2D eigenvalue weighted by Crippen LogP contribution is 2.24. The minimum absolute atomic E-state index is 0.588. The zero-order valence-electron chi connectivity index (χ0n) is 14.4. The van der Waals surface area contributed by atoms with E-state index < -0.39 is 11.2 Å². The zero-order valence-corrected chi connectivity index (χ0v) is 17.3. The summed E-state index contributed by atoms with van der Waals surface area (Å²) in [6.07, 6.45) is 4.43. The molecule has 0 aromatic carbocycles. The van der Waals surface area contributed by atoms with Crippen molar-refractivity contribution in [1.82, 2.24) is 8.87 Å². The molecule has 8 heteroatoms. The summed E-state index contributed by atoms with van der Waals surface area (Å²) in [5, 5.41) is 18.2. The molecule has 0 saturated carbocycles. The Morgan fingerprint density at radius 3 is 2.09 bits per heavy atom. The molecule has 1 rings (SSSR count). The van der Waals surface area contributed by atoms with Crippen molar-refractivity contribution < 1.29 is 15.0 Å². The van der Waals surface area contributed by atoms with Gasteiger partial charge < -0.3 is 15.1 Å². The highest BCUT2D eigenvalue weighted by atomic mass is 127. The Balaban J connectivity index is 0.000000515. The van der Waals surface area contributed by atoms with Gasteiger partial charge in [-0.3, -0.25) is 8.77 Å². The lowest BCUT2D eigenvalue weighted by Crippen LogP contribution is -2.44. The summed E-state index contributed by atoms with van der Waals surface area (Å²) in [6.45, 7) is 6.31. The molecular weight excluding hydrogens is 426 g/mol. The van der Waals surface area contributed by atoms with E-state index in [1.165, 1.54) is 9.12 Å². The minimum atomic E-state index is -1.01. The van der Waals surface area contributed by atoms with Crippen LogP contribution in [0.4, 0.5) is 0 Å². The average molecular weight is 450 g/mol. The van der Waals surface area contributed by atoms with Crippen molar-refractivity contribution in [3.05, 3.63) is 29.7 Å². The molecular formula is C15H24BIN2O3S. The van der Waals surface area contributed by atoms with Crippen LogP contribution >= 0.6 is 30.3 Å². The Morgan fingerprint density at radius 1 is 1.30 bits per heavy atom. The maximum Gasteiger partial charge on any atom is 0.167 e. The van der Waals surface area contributed by atoms with Gasteiger partial charge in [0.05, 0.1) is 16.9 Å². The third-order valence-corrected chi connectivity index (χ3v) is 5.02. The fourth-order valence-electron chi connectivity index (χ4n) is 1.19. The second kappa shape index (κ2) is 9.15.